The molecule has 0 spiro atoms. The van der Waals surface area contributed by atoms with Crippen LogP contribution in [0, 0.1) is 0 Å². The van der Waals surface area contributed by atoms with Gasteiger partial charge in [0.2, 0.25) is 5.91 Å². The van der Waals surface area contributed by atoms with Crippen molar-refractivity contribution in [3.05, 3.63) is 47.5 Å². The number of hydrogen-bond donors (Lipinski definition) is 1. The molecule has 28 heavy (non-hydrogen) atoms. The number of amides is 2. The normalized spacial score (nSPS) is 19.4. The van der Waals surface area contributed by atoms with E-state index in [-0.39, 0.29) is 12.0 Å². The first-order chi connectivity index (χ1) is 13.5. The number of nitrogens with zero attached hydrogens (tertiary/aromatic N) is 4. The molecular formula is C20H25N5O3. The Morgan fingerprint density at radius 1 is 1.11 bits per heavy atom. The van der Waals surface area contributed by atoms with Gasteiger partial charge < -0.3 is 24.8 Å². The van der Waals surface area contributed by atoms with E-state index in [1.807, 2.05) is 23.2 Å². The summed E-state index contributed by atoms with van der Waals surface area (Å²) < 4.78 is 7.50. The van der Waals surface area contributed by atoms with Crippen LogP contribution in [0.3, 0.4) is 0 Å². The Bertz CT molecular complexity index is 868. The summed E-state index contributed by atoms with van der Waals surface area (Å²) in [7, 11) is 1.72. The SMILES string of the molecule is COC1CCn2cc(C(=O)N3CCN(c4ccc(C(N)=O)cc4)CC3)nc2C1. The molecule has 0 bridgehead atoms. The van der Waals surface area contributed by atoms with E-state index in [0.29, 0.717) is 24.3 Å². The number of piperazine rings is 1. The summed E-state index contributed by atoms with van der Waals surface area (Å²) in [5, 5.41) is 0. The number of carbonyl (C=O) groups excluding carboxylic acids is 2. The van der Waals surface area contributed by atoms with Crippen LogP contribution in [-0.2, 0) is 17.7 Å². The average Bonchev–Trinajstić information content (AvgIpc) is 3.16. The van der Waals surface area contributed by atoms with Crippen LogP contribution in [0.15, 0.2) is 30.5 Å². The van der Waals surface area contributed by atoms with Gasteiger partial charge in [0.1, 0.15) is 11.5 Å². The number of carbonyl (C=O) groups is 2. The smallest absolute Gasteiger partial charge is 0.274 e. The maximum atomic E-state index is 12.9. The molecule has 1 aromatic carbocycles. The van der Waals surface area contributed by atoms with E-state index in [1.165, 1.54) is 0 Å². The van der Waals surface area contributed by atoms with Crippen LogP contribution < -0.4 is 10.6 Å². The molecule has 1 fully saturated rings. The maximum Gasteiger partial charge on any atom is 0.274 e. The maximum absolute atomic E-state index is 12.9. The number of rotatable bonds is 4. The lowest BCUT2D eigenvalue weighted by molar-refractivity contribution is 0.0739. The average molecular weight is 383 g/mol. The molecule has 1 atom stereocenters. The lowest BCUT2D eigenvalue weighted by Crippen LogP contribution is -2.48. The Morgan fingerprint density at radius 3 is 2.46 bits per heavy atom. The number of hydrogen-bond acceptors (Lipinski definition) is 5. The van der Waals surface area contributed by atoms with Gasteiger partial charge in [-0.15, -0.1) is 0 Å². The molecule has 2 amide bonds. The van der Waals surface area contributed by atoms with Gasteiger partial charge >= 0.3 is 0 Å². The molecule has 2 aromatic rings. The minimum atomic E-state index is -0.429. The standard InChI is InChI=1S/C20H25N5O3/c1-28-16-6-7-25-13-17(22-18(25)12-16)20(27)24-10-8-23(9-11-24)15-4-2-14(3-5-15)19(21)26/h2-5,13,16H,6-12H2,1H3,(H2,21,26). The first-order valence-electron chi connectivity index (χ1n) is 9.58. The van der Waals surface area contributed by atoms with Crippen molar-refractivity contribution in [1.29, 1.82) is 0 Å². The third-order valence-corrected chi connectivity index (χ3v) is 5.60. The Kier molecular flexibility index (Phi) is 5.04. The predicted octanol–water partition coefficient (Wildman–Crippen LogP) is 0.906. The molecule has 2 N–H and O–H groups in total. The number of aromatic nitrogens is 2. The summed E-state index contributed by atoms with van der Waals surface area (Å²) in [6.45, 7) is 3.59. The monoisotopic (exact) mass is 383 g/mol. The van der Waals surface area contributed by atoms with Crippen LogP contribution in [0.1, 0.15) is 33.1 Å². The minimum Gasteiger partial charge on any atom is -0.381 e. The molecule has 1 saturated heterocycles. The highest BCUT2D eigenvalue weighted by molar-refractivity contribution is 5.93. The summed E-state index contributed by atoms with van der Waals surface area (Å²) in [6, 6.07) is 7.26. The van der Waals surface area contributed by atoms with E-state index in [4.69, 9.17) is 10.5 Å². The first kappa shape index (κ1) is 18.5. The number of fused-ring (bicyclic) bond motifs is 1. The van der Waals surface area contributed by atoms with Crippen LogP contribution in [0.2, 0.25) is 0 Å². The van der Waals surface area contributed by atoms with E-state index < -0.39 is 5.91 Å². The Morgan fingerprint density at radius 2 is 1.82 bits per heavy atom. The van der Waals surface area contributed by atoms with Gasteiger partial charge in [0.05, 0.1) is 6.10 Å². The number of ether oxygens (including phenoxy) is 1. The summed E-state index contributed by atoms with van der Waals surface area (Å²) in [4.78, 5) is 32.7. The number of imidazole rings is 1. The molecule has 4 rings (SSSR count). The highest BCUT2D eigenvalue weighted by Crippen LogP contribution is 2.20. The Balaban J connectivity index is 1.38. The molecule has 2 aliphatic heterocycles. The molecule has 8 nitrogen and oxygen atoms in total. The van der Waals surface area contributed by atoms with Gasteiger partial charge in [0.25, 0.3) is 5.91 Å². The zero-order valence-electron chi connectivity index (χ0n) is 16.0. The van der Waals surface area contributed by atoms with Crippen molar-refractivity contribution >= 4 is 17.5 Å². The fraction of sp³-hybridized carbons (Fsp3) is 0.450. The lowest BCUT2D eigenvalue weighted by Gasteiger charge is -2.35. The van der Waals surface area contributed by atoms with Crippen LogP contribution in [0.5, 0.6) is 0 Å². The van der Waals surface area contributed by atoms with E-state index in [9.17, 15) is 9.59 Å². The van der Waals surface area contributed by atoms with Gasteiger partial charge in [-0.05, 0) is 30.7 Å². The fourth-order valence-corrected chi connectivity index (χ4v) is 3.87. The van der Waals surface area contributed by atoms with Crippen molar-refractivity contribution < 1.29 is 14.3 Å². The highest BCUT2D eigenvalue weighted by Gasteiger charge is 2.27. The van der Waals surface area contributed by atoms with E-state index in [1.54, 1.807) is 19.2 Å². The van der Waals surface area contributed by atoms with Crippen molar-refractivity contribution in [2.75, 3.05) is 38.2 Å². The van der Waals surface area contributed by atoms with Gasteiger partial charge in [0.15, 0.2) is 0 Å². The number of nitrogens with two attached hydrogens (primary N) is 1. The number of methoxy groups -OCH3 is 1. The molecular weight excluding hydrogens is 358 g/mol. The third-order valence-electron chi connectivity index (χ3n) is 5.60. The van der Waals surface area contributed by atoms with Crippen molar-refractivity contribution in [3.63, 3.8) is 0 Å². The first-order valence-corrected chi connectivity index (χ1v) is 9.58. The van der Waals surface area contributed by atoms with Crippen LogP contribution in [0.4, 0.5) is 5.69 Å². The van der Waals surface area contributed by atoms with E-state index in [2.05, 4.69) is 14.5 Å². The van der Waals surface area contributed by atoms with Crippen molar-refractivity contribution in [1.82, 2.24) is 14.5 Å². The van der Waals surface area contributed by atoms with Crippen molar-refractivity contribution in [2.45, 2.75) is 25.5 Å². The van der Waals surface area contributed by atoms with Gasteiger partial charge in [0, 0.05) is 63.7 Å². The Hall–Kier alpha value is -2.87. The molecule has 2 aliphatic rings. The zero-order valence-corrected chi connectivity index (χ0v) is 16.0. The quantitative estimate of drug-likeness (QED) is 0.847. The molecule has 0 radical (unpaired) electrons. The minimum absolute atomic E-state index is 0.0143. The van der Waals surface area contributed by atoms with E-state index in [0.717, 1.165) is 44.0 Å². The largest absolute Gasteiger partial charge is 0.381 e. The second-order valence-electron chi connectivity index (χ2n) is 7.28. The summed E-state index contributed by atoms with van der Waals surface area (Å²) in [5.74, 6) is 0.482. The van der Waals surface area contributed by atoms with Gasteiger partial charge in [-0.25, -0.2) is 4.98 Å². The molecule has 8 heteroatoms. The summed E-state index contributed by atoms with van der Waals surface area (Å²) in [6.07, 6.45) is 3.75. The zero-order chi connectivity index (χ0) is 19.7. The van der Waals surface area contributed by atoms with Gasteiger partial charge in [-0.3, -0.25) is 9.59 Å². The van der Waals surface area contributed by atoms with Gasteiger partial charge in [-0.2, -0.15) is 0 Å². The number of aryl methyl sites for hydroxylation is 1. The fourth-order valence-electron chi connectivity index (χ4n) is 3.87. The molecule has 1 aromatic heterocycles. The second kappa shape index (κ2) is 7.63. The van der Waals surface area contributed by atoms with Crippen molar-refractivity contribution in [2.24, 2.45) is 5.73 Å². The van der Waals surface area contributed by atoms with Crippen LogP contribution in [-0.4, -0.2) is 65.7 Å². The van der Waals surface area contributed by atoms with Crippen molar-refractivity contribution in [3.8, 4) is 0 Å². The van der Waals surface area contributed by atoms with E-state index >= 15 is 0 Å². The molecule has 3 heterocycles. The highest BCUT2D eigenvalue weighted by atomic mass is 16.5. The Labute approximate surface area is 163 Å². The molecule has 148 valence electrons. The summed E-state index contributed by atoms with van der Waals surface area (Å²) in [5.41, 5.74) is 7.33. The third kappa shape index (κ3) is 3.60. The summed E-state index contributed by atoms with van der Waals surface area (Å²) >= 11 is 0. The second-order valence-corrected chi connectivity index (χ2v) is 7.28. The lowest BCUT2D eigenvalue weighted by atomic mass is 10.1. The predicted molar refractivity (Wildman–Crippen MR) is 104 cm³/mol. The molecule has 0 aliphatic carbocycles. The number of benzene rings is 1. The molecule has 1 unspecified atom stereocenters. The topological polar surface area (TPSA) is 93.7 Å². The number of primary amides is 1. The van der Waals surface area contributed by atoms with Crippen LogP contribution in [0.25, 0.3) is 0 Å². The van der Waals surface area contributed by atoms with Gasteiger partial charge in [-0.1, -0.05) is 0 Å². The van der Waals surface area contributed by atoms with Crippen LogP contribution >= 0.6 is 0 Å². The number of anilines is 1. The molecule has 0 saturated carbocycles.